The summed E-state index contributed by atoms with van der Waals surface area (Å²) < 4.78 is 0. The van der Waals surface area contributed by atoms with Crippen molar-refractivity contribution in [1.82, 2.24) is 0 Å². The molecule has 1 heteroatoms. The van der Waals surface area contributed by atoms with Gasteiger partial charge in [-0.05, 0) is 68.1 Å². The molecule has 0 aromatic carbocycles. The average Bonchev–Trinajstić information content (AvgIpc) is 2.81. The summed E-state index contributed by atoms with van der Waals surface area (Å²) in [7, 11) is 0. The third-order valence-corrected chi connectivity index (χ3v) is 6.33. The van der Waals surface area contributed by atoms with Crippen molar-refractivity contribution in [1.29, 1.82) is 0 Å². The number of hydrogen-bond acceptors (Lipinski definition) is 1. The van der Waals surface area contributed by atoms with Gasteiger partial charge >= 0.3 is 0 Å². The molecule has 0 aliphatic heterocycles. The first-order valence-electron chi connectivity index (χ1n) is 7.71. The van der Waals surface area contributed by atoms with Gasteiger partial charge in [0.15, 0.2) is 0 Å². The van der Waals surface area contributed by atoms with Crippen LogP contribution in [-0.2, 0) is 4.79 Å². The first kappa shape index (κ1) is 12.4. The number of rotatable bonds is 2. The van der Waals surface area contributed by atoms with Crippen molar-refractivity contribution in [2.75, 3.05) is 0 Å². The molecule has 0 aromatic heterocycles. The van der Waals surface area contributed by atoms with Crippen molar-refractivity contribution < 1.29 is 4.79 Å². The highest BCUT2D eigenvalue weighted by Crippen LogP contribution is 2.65. The van der Waals surface area contributed by atoms with Crippen LogP contribution >= 0.6 is 0 Å². The molecule has 100 valence electrons. The van der Waals surface area contributed by atoms with Crippen LogP contribution in [0.1, 0.15) is 58.8 Å². The van der Waals surface area contributed by atoms with E-state index >= 15 is 0 Å². The van der Waals surface area contributed by atoms with E-state index in [-0.39, 0.29) is 5.41 Å². The molecule has 4 unspecified atom stereocenters. The van der Waals surface area contributed by atoms with E-state index in [1.165, 1.54) is 32.0 Å². The van der Waals surface area contributed by atoms with E-state index in [1.807, 2.05) is 0 Å². The zero-order valence-electron chi connectivity index (χ0n) is 11.8. The van der Waals surface area contributed by atoms with Gasteiger partial charge in [0.05, 0.1) is 0 Å². The summed E-state index contributed by atoms with van der Waals surface area (Å²) in [6.45, 7) is 4.86. The van der Waals surface area contributed by atoms with Crippen molar-refractivity contribution in [3.63, 3.8) is 0 Å². The Balaban J connectivity index is 1.96. The molecular weight excluding hydrogens is 220 g/mol. The number of allylic oxidation sites excluding steroid dienone is 2. The number of hydrogen-bond donors (Lipinski definition) is 0. The van der Waals surface area contributed by atoms with Gasteiger partial charge in [0.25, 0.3) is 0 Å². The minimum absolute atomic E-state index is 0.0453. The lowest BCUT2D eigenvalue weighted by Gasteiger charge is -2.48. The van der Waals surface area contributed by atoms with Gasteiger partial charge in [-0.2, -0.15) is 0 Å². The summed E-state index contributed by atoms with van der Waals surface area (Å²) in [5.41, 5.74) is 0.332. The fraction of sp³-hybridized carbons (Fsp3) is 0.824. The Kier molecular flexibility index (Phi) is 2.91. The molecule has 3 rings (SSSR count). The van der Waals surface area contributed by atoms with E-state index in [2.05, 4.69) is 26.0 Å². The van der Waals surface area contributed by atoms with Crippen LogP contribution in [0, 0.1) is 28.6 Å². The molecule has 0 amide bonds. The molecule has 1 nitrogen and oxygen atoms in total. The first-order valence-corrected chi connectivity index (χ1v) is 7.71. The summed E-state index contributed by atoms with van der Waals surface area (Å²) in [4.78, 5) is 12.0. The first-order chi connectivity index (χ1) is 8.60. The molecule has 3 aliphatic carbocycles. The van der Waals surface area contributed by atoms with Crippen LogP contribution in [0.5, 0.6) is 0 Å². The third kappa shape index (κ3) is 1.62. The lowest BCUT2D eigenvalue weighted by atomic mass is 9.56. The van der Waals surface area contributed by atoms with Crippen LogP contribution in [0.25, 0.3) is 0 Å². The van der Waals surface area contributed by atoms with Gasteiger partial charge in [0, 0.05) is 5.41 Å². The zero-order valence-corrected chi connectivity index (χ0v) is 11.8. The summed E-state index contributed by atoms with van der Waals surface area (Å²) >= 11 is 0. The Morgan fingerprint density at radius 1 is 1.22 bits per heavy atom. The normalized spacial score (nSPS) is 46.0. The van der Waals surface area contributed by atoms with E-state index in [9.17, 15) is 4.79 Å². The van der Waals surface area contributed by atoms with Crippen molar-refractivity contribution in [2.24, 2.45) is 28.6 Å². The predicted molar refractivity (Wildman–Crippen MR) is 74.2 cm³/mol. The van der Waals surface area contributed by atoms with Crippen LogP contribution in [0.2, 0.25) is 0 Å². The van der Waals surface area contributed by atoms with Crippen molar-refractivity contribution in [2.45, 2.75) is 58.8 Å². The largest absolute Gasteiger partial charge is 0.303 e. The van der Waals surface area contributed by atoms with E-state index < -0.39 is 0 Å². The molecule has 4 atom stereocenters. The van der Waals surface area contributed by atoms with Gasteiger partial charge in [-0.1, -0.05) is 26.0 Å². The van der Waals surface area contributed by atoms with Gasteiger partial charge < -0.3 is 4.79 Å². The molecule has 2 saturated carbocycles. The lowest BCUT2D eigenvalue weighted by Crippen LogP contribution is -2.44. The summed E-state index contributed by atoms with van der Waals surface area (Å²) in [6, 6.07) is 0. The van der Waals surface area contributed by atoms with Gasteiger partial charge in [0.2, 0.25) is 0 Å². The van der Waals surface area contributed by atoms with Crippen LogP contribution in [0.15, 0.2) is 12.2 Å². The lowest BCUT2D eigenvalue weighted by molar-refractivity contribution is -0.125. The maximum Gasteiger partial charge on any atom is 0.126 e. The number of fused-ring (bicyclic) bond motifs is 2. The molecule has 2 fully saturated rings. The average molecular weight is 246 g/mol. The second-order valence-corrected chi connectivity index (χ2v) is 7.49. The third-order valence-electron chi connectivity index (χ3n) is 6.33. The molecule has 0 heterocycles. The second kappa shape index (κ2) is 4.21. The summed E-state index contributed by atoms with van der Waals surface area (Å²) in [6.07, 6.45) is 14.5. The number of carbonyl (C=O) groups is 1. The summed E-state index contributed by atoms with van der Waals surface area (Å²) in [5, 5.41) is 0. The molecule has 2 bridgehead atoms. The van der Waals surface area contributed by atoms with Crippen molar-refractivity contribution in [3.8, 4) is 0 Å². The van der Waals surface area contributed by atoms with Gasteiger partial charge in [-0.25, -0.2) is 0 Å². The molecule has 0 N–H and O–H groups in total. The van der Waals surface area contributed by atoms with Gasteiger partial charge in [0.1, 0.15) is 6.29 Å². The van der Waals surface area contributed by atoms with Gasteiger partial charge in [-0.15, -0.1) is 0 Å². The molecule has 18 heavy (non-hydrogen) atoms. The number of carbonyl (C=O) groups excluding carboxylic acids is 1. The Bertz CT molecular complexity index is 368. The zero-order chi connectivity index (χ0) is 12.8. The van der Waals surface area contributed by atoms with Crippen LogP contribution in [-0.4, -0.2) is 6.29 Å². The second-order valence-electron chi connectivity index (χ2n) is 7.49. The van der Waals surface area contributed by atoms with E-state index in [0.29, 0.717) is 11.3 Å². The Morgan fingerprint density at radius 3 is 2.72 bits per heavy atom. The molecule has 0 aromatic rings. The smallest absolute Gasteiger partial charge is 0.126 e. The van der Waals surface area contributed by atoms with Crippen molar-refractivity contribution in [3.05, 3.63) is 12.2 Å². The topological polar surface area (TPSA) is 17.1 Å². The number of aldehydes is 1. The minimum Gasteiger partial charge on any atom is -0.303 e. The summed E-state index contributed by atoms with van der Waals surface area (Å²) in [5.74, 6) is 2.32. The predicted octanol–water partition coefficient (Wildman–Crippen LogP) is 4.37. The Morgan fingerprint density at radius 2 is 2.06 bits per heavy atom. The highest BCUT2D eigenvalue weighted by Gasteiger charge is 2.59. The molecular formula is C17H26O. The SMILES string of the molecule is CC1(C)C2CCC(C2)C1C1(C=O)CC=CCCC1. The standard InChI is InChI=1S/C17H26O/c1-16(2)14-8-7-13(11-14)15(16)17(12-18)9-5-3-4-6-10-17/h3,5,12-15H,4,6-11H2,1-2H3. The van der Waals surface area contributed by atoms with Crippen LogP contribution < -0.4 is 0 Å². The molecule has 3 aliphatic rings. The molecule has 0 saturated heterocycles. The quantitative estimate of drug-likeness (QED) is 0.522. The van der Waals surface area contributed by atoms with Crippen LogP contribution in [0.3, 0.4) is 0 Å². The maximum absolute atomic E-state index is 12.0. The van der Waals surface area contributed by atoms with E-state index in [0.717, 1.165) is 31.1 Å². The van der Waals surface area contributed by atoms with E-state index in [1.54, 1.807) is 0 Å². The highest BCUT2D eigenvalue weighted by atomic mass is 16.1. The monoisotopic (exact) mass is 246 g/mol. The van der Waals surface area contributed by atoms with Crippen LogP contribution in [0.4, 0.5) is 0 Å². The highest BCUT2D eigenvalue weighted by molar-refractivity contribution is 5.61. The van der Waals surface area contributed by atoms with Crippen molar-refractivity contribution >= 4 is 6.29 Å². The fourth-order valence-electron chi connectivity index (χ4n) is 5.60. The fourth-order valence-corrected chi connectivity index (χ4v) is 5.60. The van der Waals surface area contributed by atoms with Gasteiger partial charge in [-0.3, -0.25) is 0 Å². The maximum atomic E-state index is 12.0. The minimum atomic E-state index is -0.0453. The molecule has 0 spiro atoms. The Labute approximate surface area is 111 Å². The Hall–Kier alpha value is -0.590. The van der Waals surface area contributed by atoms with E-state index in [4.69, 9.17) is 0 Å². The molecule has 0 radical (unpaired) electrons.